The lowest BCUT2D eigenvalue weighted by molar-refractivity contribution is 0.146. The van der Waals surface area contributed by atoms with Gasteiger partial charge in [-0.1, -0.05) is 6.07 Å². The van der Waals surface area contributed by atoms with E-state index < -0.39 is 17.7 Å². The van der Waals surface area contributed by atoms with Crippen molar-refractivity contribution in [1.29, 1.82) is 0 Å². The molecule has 0 saturated heterocycles. The Kier molecular flexibility index (Phi) is 5.40. The molecule has 0 aliphatic carbocycles. The van der Waals surface area contributed by atoms with Crippen LogP contribution in [0.4, 0.5) is 8.78 Å². The van der Waals surface area contributed by atoms with Crippen molar-refractivity contribution in [3.05, 3.63) is 35.4 Å². The van der Waals surface area contributed by atoms with Gasteiger partial charge in [0.05, 0.1) is 11.7 Å². The average molecular weight is 272 g/mol. The second kappa shape index (κ2) is 6.41. The fourth-order valence-electron chi connectivity index (χ4n) is 1.60. The molecular formula is C14H22F2N2O. The van der Waals surface area contributed by atoms with Gasteiger partial charge in [-0.05, 0) is 40.1 Å². The highest BCUT2D eigenvalue weighted by Gasteiger charge is 2.22. The minimum Gasteiger partial charge on any atom is -0.387 e. The minimum absolute atomic E-state index is 0.104. The van der Waals surface area contributed by atoms with E-state index in [9.17, 15) is 13.9 Å². The molecule has 0 bridgehead atoms. The molecule has 0 amide bonds. The third-order valence-corrected chi connectivity index (χ3v) is 3.44. The van der Waals surface area contributed by atoms with Crippen LogP contribution < -0.4 is 5.32 Å². The smallest absolute Gasteiger partial charge is 0.131 e. The zero-order valence-corrected chi connectivity index (χ0v) is 11.9. The van der Waals surface area contributed by atoms with Gasteiger partial charge in [-0.15, -0.1) is 0 Å². The minimum atomic E-state index is -1.20. The molecule has 0 aromatic heterocycles. The van der Waals surface area contributed by atoms with Gasteiger partial charge in [0, 0.05) is 18.6 Å². The van der Waals surface area contributed by atoms with Crippen LogP contribution in [0.25, 0.3) is 0 Å². The second-order valence-corrected chi connectivity index (χ2v) is 5.49. The molecule has 1 unspecified atom stereocenters. The van der Waals surface area contributed by atoms with E-state index in [4.69, 9.17) is 0 Å². The van der Waals surface area contributed by atoms with Crippen molar-refractivity contribution in [3.63, 3.8) is 0 Å². The average Bonchev–Trinajstić information content (AvgIpc) is 2.28. The summed E-state index contributed by atoms with van der Waals surface area (Å²) in [6.45, 7) is 4.79. The lowest BCUT2D eigenvalue weighted by Gasteiger charge is -2.33. The fraction of sp³-hybridized carbons (Fsp3) is 0.571. The first-order valence-electron chi connectivity index (χ1n) is 6.26. The Morgan fingerprint density at radius 1 is 1.26 bits per heavy atom. The molecule has 3 nitrogen and oxygen atoms in total. The largest absolute Gasteiger partial charge is 0.387 e. The number of benzene rings is 1. The summed E-state index contributed by atoms with van der Waals surface area (Å²) >= 11 is 0. The zero-order valence-electron chi connectivity index (χ0n) is 11.9. The number of likely N-dealkylation sites (N-methyl/N-ethyl adjacent to an activating group) is 1. The summed E-state index contributed by atoms with van der Waals surface area (Å²) in [6, 6.07) is 3.57. The first-order chi connectivity index (χ1) is 8.75. The lowest BCUT2D eigenvalue weighted by Crippen LogP contribution is -2.47. The molecule has 1 rings (SSSR count). The van der Waals surface area contributed by atoms with E-state index in [0.29, 0.717) is 6.54 Å². The predicted molar refractivity (Wildman–Crippen MR) is 72.0 cm³/mol. The maximum absolute atomic E-state index is 13.5. The van der Waals surface area contributed by atoms with Gasteiger partial charge in [0.25, 0.3) is 0 Å². The molecule has 5 heteroatoms. The Hall–Kier alpha value is -1.04. The number of nitrogens with one attached hydrogen (secondary N) is 1. The molecule has 0 radical (unpaired) electrons. The van der Waals surface area contributed by atoms with Crippen LogP contribution in [0, 0.1) is 11.6 Å². The normalized spacial score (nSPS) is 13.9. The number of hydrogen-bond donors (Lipinski definition) is 2. The van der Waals surface area contributed by atoms with Crippen molar-refractivity contribution in [2.75, 3.05) is 27.2 Å². The molecule has 1 atom stereocenters. The molecule has 108 valence electrons. The molecule has 2 N–H and O–H groups in total. The van der Waals surface area contributed by atoms with Crippen LogP contribution in [0.2, 0.25) is 0 Å². The van der Waals surface area contributed by atoms with Gasteiger partial charge in [-0.25, -0.2) is 8.78 Å². The Morgan fingerprint density at radius 3 is 2.26 bits per heavy atom. The number of hydrogen-bond acceptors (Lipinski definition) is 3. The first-order valence-corrected chi connectivity index (χ1v) is 6.26. The summed E-state index contributed by atoms with van der Waals surface area (Å²) in [5.74, 6) is -1.44. The molecule has 1 aromatic rings. The van der Waals surface area contributed by atoms with E-state index in [2.05, 4.69) is 5.32 Å². The van der Waals surface area contributed by atoms with Crippen molar-refractivity contribution >= 4 is 0 Å². The van der Waals surface area contributed by atoms with Crippen LogP contribution in [-0.2, 0) is 0 Å². The maximum atomic E-state index is 13.5. The standard InChI is InChI=1S/C14H22F2N2O/c1-14(2,18(3)4)9-17-8-12(19)13-10(15)6-5-7-11(13)16/h5-7,12,17,19H,8-9H2,1-4H3. The van der Waals surface area contributed by atoms with Crippen molar-refractivity contribution in [3.8, 4) is 0 Å². The summed E-state index contributed by atoms with van der Waals surface area (Å²) in [4.78, 5) is 2.04. The van der Waals surface area contributed by atoms with E-state index in [0.717, 1.165) is 12.1 Å². The highest BCUT2D eigenvalue weighted by atomic mass is 19.1. The molecular weight excluding hydrogens is 250 g/mol. The molecule has 0 fully saturated rings. The summed E-state index contributed by atoms with van der Waals surface area (Å²) in [5.41, 5.74) is -0.384. The fourth-order valence-corrected chi connectivity index (χ4v) is 1.60. The molecule has 19 heavy (non-hydrogen) atoms. The number of nitrogens with zero attached hydrogens (tertiary/aromatic N) is 1. The molecule has 1 aromatic carbocycles. The molecule has 0 saturated carbocycles. The first kappa shape index (κ1) is 16.0. The SMILES string of the molecule is CN(C)C(C)(C)CNCC(O)c1c(F)cccc1F. The van der Waals surface area contributed by atoms with E-state index in [1.807, 2.05) is 32.8 Å². The van der Waals surface area contributed by atoms with Gasteiger partial charge in [0.1, 0.15) is 11.6 Å². The molecule has 0 aliphatic rings. The summed E-state index contributed by atoms with van der Waals surface area (Å²) in [7, 11) is 3.91. The van der Waals surface area contributed by atoms with E-state index >= 15 is 0 Å². The van der Waals surface area contributed by atoms with Gasteiger partial charge in [0.2, 0.25) is 0 Å². The third-order valence-electron chi connectivity index (χ3n) is 3.44. The highest BCUT2D eigenvalue weighted by molar-refractivity contribution is 5.22. The van der Waals surface area contributed by atoms with Crippen molar-refractivity contribution in [1.82, 2.24) is 10.2 Å². The van der Waals surface area contributed by atoms with Crippen LogP contribution in [0.3, 0.4) is 0 Å². The van der Waals surface area contributed by atoms with Gasteiger partial charge in [-0.3, -0.25) is 0 Å². The topological polar surface area (TPSA) is 35.5 Å². The Balaban J connectivity index is 2.59. The van der Waals surface area contributed by atoms with E-state index in [1.165, 1.54) is 6.07 Å². The van der Waals surface area contributed by atoms with Crippen LogP contribution in [0.5, 0.6) is 0 Å². The lowest BCUT2D eigenvalue weighted by atomic mass is 10.0. The summed E-state index contributed by atoms with van der Waals surface area (Å²) < 4.78 is 26.9. The number of rotatable bonds is 6. The molecule has 0 aliphatic heterocycles. The van der Waals surface area contributed by atoms with Crippen molar-refractivity contribution < 1.29 is 13.9 Å². The highest BCUT2D eigenvalue weighted by Crippen LogP contribution is 2.20. The van der Waals surface area contributed by atoms with Crippen LogP contribution in [0.1, 0.15) is 25.5 Å². The Labute approximate surface area is 113 Å². The van der Waals surface area contributed by atoms with Gasteiger partial charge >= 0.3 is 0 Å². The van der Waals surface area contributed by atoms with Gasteiger partial charge in [0.15, 0.2) is 0 Å². The third kappa shape index (κ3) is 4.23. The Bertz CT molecular complexity index is 402. The van der Waals surface area contributed by atoms with Crippen LogP contribution in [-0.4, -0.2) is 42.7 Å². The quantitative estimate of drug-likeness (QED) is 0.830. The molecule has 0 heterocycles. The molecule has 0 spiro atoms. The number of aliphatic hydroxyl groups is 1. The van der Waals surface area contributed by atoms with Crippen LogP contribution >= 0.6 is 0 Å². The van der Waals surface area contributed by atoms with Gasteiger partial charge in [-0.2, -0.15) is 0 Å². The van der Waals surface area contributed by atoms with Crippen molar-refractivity contribution in [2.24, 2.45) is 0 Å². The second-order valence-electron chi connectivity index (χ2n) is 5.49. The maximum Gasteiger partial charge on any atom is 0.131 e. The number of halogens is 2. The van der Waals surface area contributed by atoms with Gasteiger partial charge < -0.3 is 15.3 Å². The van der Waals surface area contributed by atoms with Crippen molar-refractivity contribution in [2.45, 2.75) is 25.5 Å². The monoisotopic (exact) mass is 272 g/mol. The van der Waals surface area contributed by atoms with E-state index in [-0.39, 0.29) is 17.6 Å². The predicted octanol–water partition coefficient (Wildman–Crippen LogP) is 1.93. The zero-order chi connectivity index (χ0) is 14.6. The number of aliphatic hydroxyl groups excluding tert-OH is 1. The summed E-state index contributed by atoms with van der Waals surface area (Å²) in [6.07, 6.45) is -1.20. The summed E-state index contributed by atoms with van der Waals surface area (Å²) in [5, 5.41) is 12.9. The Morgan fingerprint density at radius 2 is 1.79 bits per heavy atom. The van der Waals surface area contributed by atoms with E-state index in [1.54, 1.807) is 0 Å². The van der Waals surface area contributed by atoms with Crippen LogP contribution in [0.15, 0.2) is 18.2 Å².